The molecule has 7 rings (SSSR count). The van der Waals surface area contributed by atoms with Gasteiger partial charge in [0.15, 0.2) is 11.5 Å². The Morgan fingerprint density at radius 3 is 1.62 bits per heavy atom. The predicted molar refractivity (Wildman–Crippen MR) is 260 cm³/mol. The van der Waals surface area contributed by atoms with Crippen LogP contribution in [0.1, 0.15) is 107 Å². The Balaban J connectivity index is 0.000000212. The normalized spacial score (nSPS) is 22.1. The summed E-state index contributed by atoms with van der Waals surface area (Å²) in [5, 5.41) is 22.2. The molecule has 4 aromatic carbocycles. The molecule has 3 aliphatic rings. The zero-order valence-electron chi connectivity index (χ0n) is 46.2. The number of rotatable bonds is 12. The maximum atomic E-state index is 11.5. The van der Waals surface area contributed by atoms with Crippen molar-refractivity contribution in [3.05, 3.63) is 155 Å². The van der Waals surface area contributed by atoms with Gasteiger partial charge in [0, 0.05) is 72.7 Å². The molecule has 3 aliphatic heterocycles. The van der Waals surface area contributed by atoms with Crippen LogP contribution in [-0.4, -0.2) is 76.2 Å². The molecule has 0 unspecified atom stereocenters. The summed E-state index contributed by atoms with van der Waals surface area (Å²) in [5.74, 6) is 0.391. The van der Waals surface area contributed by atoms with Crippen molar-refractivity contribution in [2.24, 2.45) is 0 Å². The van der Waals surface area contributed by atoms with Crippen LogP contribution < -0.4 is 9.47 Å². The molecule has 1 fully saturated rings. The van der Waals surface area contributed by atoms with E-state index in [1.54, 1.807) is 33.8 Å². The van der Waals surface area contributed by atoms with E-state index in [0.717, 1.165) is 21.2 Å². The summed E-state index contributed by atoms with van der Waals surface area (Å²) in [7, 11) is -0.732. The fourth-order valence-electron chi connectivity index (χ4n) is 6.58. The van der Waals surface area contributed by atoms with Crippen molar-refractivity contribution in [2.45, 2.75) is 119 Å². The minimum Gasteiger partial charge on any atom is -0.484 e. The first kappa shape index (κ1) is 39.5. The third kappa shape index (κ3) is 13.8. The highest BCUT2D eigenvalue weighted by Crippen LogP contribution is 2.40. The molecule has 0 N–H and O–H groups in total. The molecule has 0 aliphatic carbocycles. The Morgan fingerprint density at radius 2 is 1.17 bits per heavy atom. The molecule has 0 amide bonds. The molecule has 0 bridgehead atoms. The van der Waals surface area contributed by atoms with Gasteiger partial charge in [-0.25, -0.2) is 0 Å². The average Bonchev–Trinajstić information content (AvgIpc) is 3.48. The van der Waals surface area contributed by atoms with E-state index in [2.05, 4.69) is 15.9 Å². The molecule has 0 spiro atoms. The van der Waals surface area contributed by atoms with Crippen molar-refractivity contribution in [1.82, 2.24) is 9.80 Å². The Bertz CT molecular complexity index is 2640. The van der Waals surface area contributed by atoms with Crippen LogP contribution in [0, 0.1) is 34.1 Å². The number of hydrogen-bond acceptors (Lipinski definition) is 10. The molecule has 4 aromatic rings. The highest BCUT2D eigenvalue weighted by Gasteiger charge is 2.52. The van der Waals surface area contributed by atoms with Crippen LogP contribution in [0.2, 0.25) is 0 Å². The summed E-state index contributed by atoms with van der Waals surface area (Å²) >= 11 is 3.32. The number of aryl methyl sites for hydroxylation is 2. The quantitative estimate of drug-likeness (QED) is 0.0769. The van der Waals surface area contributed by atoms with E-state index in [1.165, 1.54) is 40.2 Å². The number of benzene rings is 4. The molecule has 0 atom stereocenters. The lowest BCUT2D eigenvalue weighted by Gasteiger charge is -2.32. The van der Waals surface area contributed by atoms with Crippen LogP contribution in [0.4, 0.5) is 11.4 Å². The Labute approximate surface area is 399 Å². The number of hydrogen-bond donors (Lipinski definition) is 0. The molecule has 1 saturated heterocycles. The van der Waals surface area contributed by atoms with E-state index >= 15 is 0 Å². The molecular weight excluding hydrogens is 875 g/mol. The summed E-state index contributed by atoms with van der Waals surface area (Å²) in [6.07, 6.45) is 2.48. The standard InChI is InChI=1S/C22H26N2O3.C18H26BNO2.C10H12BrNO3/c1-16(2)27-22-14-20(17(3)13-21(22)24(25)26)19-9-11-23(12-10-19)15-18-7-5-4-6-8-18;1-17(2)18(3,4)22-19(21-17)16-10-12-20(13-11-16)14-15-8-6-5-7-9-15;1-6(2)15-10-5-8(11)7(3)4-9(10)12(13)14/h4-9,13-14,16H,10-12,15H2,1-3H3;5-10H,11-14H2,1-4H3;4-6H,1-3H3/i11D2,12D2;12D2,13D2;. The van der Waals surface area contributed by atoms with Crippen molar-refractivity contribution in [3.8, 4) is 11.5 Å². The number of nitro groups is 2. The lowest BCUT2D eigenvalue weighted by molar-refractivity contribution is -0.386. The summed E-state index contributed by atoms with van der Waals surface area (Å²) in [6.45, 7) is 10.9. The second-order valence-corrected chi connectivity index (χ2v) is 18.0. The van der Waals surface area contributed by atoms with E-state index in [0.29, 0.717) is 27.9 Å². The molecule has 14 heteroatoms. The summed E-state index contributed by atoms with van der Waals surface area (Å²) in [5.41, 5.74) is 3.34. The topological polar surface area (TPSA) is 130 Å². The molecule has 0 aromatic heterocycles. The van der Waals surface area contributed by atoms with Crippen molar-refractivity contribution >= 4 is 40.0 Å². The van der Waals surface area contributed by atoms with Gasteiger partial charge in [0.05, 0.1) is 33.3 Å². The molecule has 12 nitrogen and oxygen atoms in total. The van der Waals surface area contributed by atoms with E-state index in [9.17, 15) is 20.2 Å². The van der Waals surface area contributed by atoms with Gasteiger partial charge in [-0.15, -0.1) is 0 Å². The van der Waals surface area contributed by atoms with Crippen molar-refractivity contribution in [3.63, 3.8) is 0 Å². The van der Waals surface area contributed by atoms with E-state index in [4.69, 9.17) is 29.7 Å². The van der Waals surface area contributed by atoms with Gasteiger partial charge in [0.25, 0.3) is 0 Å². The SMILES string of the molecule is Cc1cc([N+](=O)[O-])c(OC(C)C)cc1Br.[2H]C1([2H])C=C(B2OC(C)(C)C(C)(C)O2)CC([2H])([2H])N1Cc1ccccc1.[2H]C1([2H])C=C(c2cc(OC(C)C)c([N+](=O)[O-])cc2C)CC([2H])([2H])N1Cc1ccccc1. The average molecular weight is 948 g/mol. The lowest BCUT2D eigenvalue weighted by atomic mass is 9.74. The smallest absolute Gasteiger partial charge is 0.484 e. The maximum Gasteiger partial charge on any atom is 0.490 e. The first-order valence-corrected chi connectivity index (χ1v) is 22.0. The zero-order valence-corrected chi connectivity index (χ0v) is 39.8. The number of ether oxygens (including phenoxy) is 2. The van der Waals surface area contributed by atoms with Crippen LogP contribution in [0.15, 0.2) is 107 Å². The fourth-order valence-corrected chi connectivity index (χ4v) is 6.90. The van der Waals surface area contributed by atoms with Gasteiger partial charge in [-0.3, -0.25) is 30.0 Å². The van der Waals surface area contributed by atoms with Gasteiger partial charge in [-0.05, 0) is 127 Å². The highest BCUT2D eigenvalue weighted by molar-refractivity contribution is 9.10. The molecule has 0 saturated carbocycles. The van der Waals surface area contributed by atoms with Gasteiger partial charge in [0.2, 0.25) is 0 Å². The van der Waals surface area contributed by atoms with Gasteiger partial charge in [-0.1, -0.05) is 88.7 Å². The van der Waals surface area contributed by atoms with E-state index in [1.807, 2.05) is 102 Å². The minimum absolute atomic E-state index is 0.00407. The maximum absolute atomic E-state index is 11.5. The van der Waals surface area contributed by atoms with Crippen LogP contribution >= 0.6 is 15.9 Å². The van der Waals surface area contributed by atoms with E-state index in [-0.39, 0.29) is 55.3 Å². The third-order valence-electron chi connectivity index (χ3n) is 10.7. The van der Waals surface area contributed by atoms with Crippen LogP contribution in [0.25, 0.3) is 5.57 Å². The summed E-state index contributed by atoms with van der Waals surface area (Å²) in [4.78, 5) is 23.7. The third-order valence-corrected chi connectivity index (χ3v) is 11.5. The van der Waals surface area contributed by atoms with Crippen molar-refractivity contribution in [1.29, 1.82) is 0 Å². The Morgan fingerprint density at radius 1 is 0.719 bits per heavy atom. The molecule has 0 radical (unpaired) electrons. The second-order valence-electron chi connectivity index (χ2n) is 17.1. The van der Waals surface area contributed by atoms with Gasteiger partial charge in [-0.2, -0.15) is 0 Å². The second kappa shape index (κ2) is 22.4. The van der Waals surface area contributed by atoms with E-state index < -0.39 is 54.2 Å². The monoisotopic (exact) mass is 946 g/mol. The number of nitrogens with zero attached hydrogens (tertiary/aromatic N) is 4. The van der Waals surface area contributed by atoms with Crippen molar-refractivity contribution in [2.75, 3.05) is 26.0 Å². The summed E-state index contributed by atoms with van der Waals surface area (Å²) in [6, 6.07) is 24.6. The molecule has 3 heterocycles. The fraction of sp³-hybridized carbons (Fsp3) is 0.440. The lowest BCUT2D eigenvalue weighted by Crippen LogP contribution is -2.41. The number of nitro benzene ring substituents is 2. The number of halogens is 1. The first-order valence-electron chi connectivity index (χ1n) is 25.2. The largest absolute Gasteiger partial charge is 0.490 e. The van der Waals surface area contributed by atoms with Crippen LogP contribution in [-0.2, 0) is 22.4 Å². The zero-order chi connectivity index (χ0) is 53.9. The molecular formula is C50H64BBrN4O8. The Hall–Kier alpha value is -4.86. The van der Waals surface area contributed by atoms with Gasteiger partial charge >= 0.3 is 18.5 Å². The van der Waals surface area contributed by atoms with Crippen LogP contribution in [0.3, 0.4) is 0 Å². The van der Waals surface area contributed by atoms with Crippen molar-refractivity contribution < 1.29 is 39.6 Å². The molecule has 64 heavy (non-hydrogen) atoms. The summed E-state index contributed by atoms with van der Waals surface area (Å²) < 4.78 is 91.9. The molecule has 342 valence electrons. The predicted octanol–water partition coefficient (Wildman–Crippen LogP) is 11.9. The first-order chi connectivity index (χ1) is 33.2. The van der Waals surface area contributed by atoms with Crippen LogP contribution in [0.5, 0.6) is 11.5 Å². The van der Waals surface area contributed by atoms with Gasteiger partial charge < -0.3 is 18.8 Å². The van der Waals surface area contributed by atoms with Gasteiger partial charge in [0.1, 0.15) is 0 Å². The highest BCUT2D eigenvalue weighted by atomic mass is 79.9. The minimum atomic E-state index is -2.06. The Kier molecular flexibility index (Phi) is 13.8.